The highest BCUT2D eigenvalue weighted by Gasteiger charge is 2.19. The molecule has 126 valence electrons. The van der Waals surface area contributed by atoms with E-state index in [1.165, 1.54) is 0 Å². The van der Waals surface area contributed by atoms with Gasteiger partial charge in [-0.1, -0.05) is 12.1 Å². The van der Waals surface area contributed by atoms with Gasteiger partial charge in [-0.3, -0.25) is 4.79 Å². The topological polar surface area (TPSA) is 42.4 Å². The third kappa shape index (κ3) is 3.90. The molecule has 1 aliphatic rings. The highest BCUT2D eigenvalue weighted by molar-refractivity contribution is 7.99. The SMILES string of the molecule is CCN(C(=O)c1ccc(OC2CCSC2)nc1)c1cccc(C)c1. The summed E-state index contributed by atoms with van der Waals surface area (Å²) in [4.78, 5) is 18.9. The number of nitrogens with zero attached hydrogens (tertiary/aromatic N) is 2. The van der Waals surface area contributed by atoms with Crippen LogP contribution in [-0.4, -0.2) is 35.0 Å². The van der Waals surface area contributed by atoms with Crippen LogP contribution in [0.4, 0.5) is 5.69 Å². The van der Waals surface area contributed by atoms with E-state index in [-0.39, 0.29) is 12.0 Å². The molecular formula is C19H22N2O2S. The molecule has 1 saturated heterocycles. The molecule has 0 aliphatic carbocycles. The summed E-state index contributed by atoms with van der Waals surface area (Å²) in [6, 6.07) is 11.6. The largest absolute Gasteiger partial charge is 0.473 e. The summed E-state index contributed by atoms with van der Waals surface area (Å²) >= 11 is 1.90. The van der Waals surface area contributed by atoms with Crippen molar-refractivity contribution in [2.45, 2.75) is 26.4 Å². The molecule has 0 saturated carbocycles. The number of ether oxygens (including phenoxy) is 1. The first kappa shape index (κ1) is 16.8. The van der Waals surface area contributed by atoms with Crippen molar-refractivity contribution < 1.29 is 9.53 Å². The molecule has 0 N–H and O–H groups in total. The Balaban J connectivity index is 1.73. The third-order valence-electron chi connectivity index (χ3n) is 4.03. The first-order valence-electron chi connectivity index (χ1n) is 8.26. The highest BCUT2D eigenvalue weighted by atomic mass is 32.2. The average Bonchev–Trinajstić information content (AvgIpc) is 3.09. The Bertz CT molecular complexity index is 697. The molecule has 5 heteroatoms. The van der Waals surface area contributed by atoms with Gasteiger partial charge in [0.25, 0.3) is 5.91 Å². The molecule has 1 unspecified atom stereocenters. The molecule has 1 aromatic carbocycles. The van der Waals surface area contributed by atoms with E-state index in [4.69, 9.17) is 4.74 Å². The number of carbonyl (C=O) groups excluding carboxylic acids is 1. The second kappa shape index (κ2) is 7.71. The highest BCUT2D eigenvalue weighted by Crippen LogP contribution is 2.23. The lowest BCUT2D eigenvalue weighted by molar-refractivity contribution is 0.0988. The average molecular weight is 342 g/mol. The van der Waals surface area contributed by atoms with Gasteiger partial charge in [-0.2, -0.15) is 11.8 Å². The van der Waals surface area contributed by atoms with Gasteiger partial charge >= 0.3 is 0 Å². The lowest BCUT2D eigenvalue weighted by Crippen LogP contribution is -2.30. The predicted octanol–water partition coefficient (Wildman–Crippen LogP) is 3.94. The smallest absolute Gasteiger partial charge is 0.259 e. The van der Waals surface area contributed by atoms with Gasteiger partial charge in [0.15, 0.2) is 0 Å². The van der Waals surface area contributed by atoms with Crippen molar-refractivity contribution in [2.24, 2.45) is 0 Å². The second-order valence-corrected chi connectivity index (χ2v) is 7.03. The monoisotopic (exact) mass is 342 g/mol. The number of aryl methyl sites for hydroxylation is 1. The Morgan fingerprint density at radius 3 is 2.88 bits per heavy atom. The van der Waals surface area contributed by atoms with Crippen LogP contribution >= 0.6 is 11.8 Å². The van der Waals surface area contributed by atoms with Crippen molar-refractivity contribution in [3.8, 4) is 5.88 Å². The lowest BCUT2D eigenvalue weighted by Gasteiger charge is -2.21. The number of pyridine rings is 1. The number of thioether (sulfide) groups is 1. The van der Waals surface area contributed by atoms with Crippen LogP contribution in [-0.2, 0) is 0 Å². The van der Waals surface area contributed by atoms with Crippen molar-refractivity contribution in [3.63, 3.8) is 0 Å². The maximum atomic E-state index is 12.8. The van der Waals surface area contributed by atoms with Crippen molar-refractivity contribution in [2.75, 3.05) is 23.0 Å². The number of aromatic nitrogens is 1. The summed E-state index contributed by atoms with van der Waals surface area (Å²) in [5.74, 6) is 2.71. The van der Waals surface area contributed by atoms with E-state index in [9.17, 15) is 4.79 Å². The van der Waals surface area contributed by atoms with Crippen LogP contribution in [0.15, 0.2) is 42.6 Å². The number of hydrogen-bond donors (Lipinski definition) is 0. The van der Waals surface area contributed by atoms with Gasteiger partial charge in [-0.05, 0) is 49.8 Å². The number of hydrogen-bond acceptors (Lipinski definition) is 4. The fourth-order valence-corrected chi connectivity index (χ4v) is 3.84. The molecular weight excluding hydrogens is 320 g/mol. The van der Waals surface area contributed by atoms with Crippen LogP contribution in [0.2, 0.25) is 0 Å². The molecule has 1 amide bonds. The summed E-state index contributed by atoms with van der Waals surface area (Å²) < 4.78 is 5.84. The Hall–Kier alpha value is -2.01. The van der Waals surface area contributed by atoms with E-state index in [0.29, 0.717) is 18.0 Å². The van der Waals surface area contributed by atoms with Gasteiger partial charge in [0, 0.05) is 30.2 Å². The summed E-state index contributed by atoms with van der Waals surface area (Å²) in [6.07, 6.45) is 2.91. The molecule has 1 atom stereocenters. The summed E-state index contributed by atoms with van der Waals surface area (Å²) in [7, 11) is 0. The van der Waals surface area contributed by atoms with Crippen molar-refractivity contribution in [3.05, 3.63) is 53.7 Å². The Morgan fingerprint density at radius 2 is 2.25 bits per heavy atom. The summed E-state index contributed by atoms with van der Waals surface area (Å²) in [6.45, 7) is 4.61. The Labute approximate surface area is 147 Å². The van der Waals surface area contributed by atoms with E-state index in [1.54, 1.807) is 23.2 Å². The van der Waals surface area contributed by atoms with Crippen LogP contribution in [0.1, 0.15) is 29.3 Å². The van der Waals surface area contributed by atoms with Gasteiger partial charge in [0.1, 0.15) is 6.10 Å². The number of rotatable bonds is 5. The quantitative estimate of drug-likeness (QED) is 0.825. The zero-order valence-electron chi connectivity index (χ0n) is 14.1. The Kier molecular flexibility index (Phi) is 5.41. The standard InChI is InChI=1S/C19H22N2O2S/c1-3-21(16-6-4-5-14(2)11-16)19(22)15-7-8-18(20-12-15)23-17-9-10-24-13-17/h4-8,11-12,17H,3,9-10,13H2,1-2H3. The molecule has 24 heavy (non-hydrogen) atoms. The molecule has 0 spiro atoms. The zero-order chi connectivity index (χ0) is 16.9. The van der Waals surface area contributed by atoms with Crippen LogP contribution < -0.4 is 9.64 Å². The molecule has 2 heterocycles. The van der Waals surface area contributed by atoms with E-state index >= 15 is 0 Å². The molecule has 1 aromatic heterocycles. The third-order valence-corrected chi connectivity index (χ3v) is 5.17. The molecule has 3 rings (SSSR count). The van der Waals surface area contributed by atoms with E-state index in [1.807, 2.05) is 49.9 Å². The first-order chi connectivity index (χ1) is 11.7. The minimum atomic E-state index is -0.0430. The van der Waals surface area contributed by atoms with Gasteiger partial charge < -0.3 is 9.64 Å². The fourth-order valence-electron chi connectivity index (χ4n) is 2.75. The molecule has 4 nitrogen and oxygen atoms in total. The van der Waals surface area contributed by atoms with Gasteiger partial charge in [-0.15, -0.1) is 0 Å². The number of benzene rings is 1. The van der Waals surface area contributed by atoms with E-state index in [2.05, 4.69) is 4.98 Å². The van der Waals surface area contributed by atoms with Gasteiger partial charge in [0.2, 0.25) is 5.88 Å². The van der Waals surface area contributed by atoms with Crippen LogP contribution in [0, 0.1) is 6.92 Å². The van der Waals surface area contributed by atoms with E-state index < -0.39 is 0 Å². The molecule has 2 aromatic rings. The number of carbonyl (C=O) groups is 1. The minimum absolute atomic E-state index is 0.0430. The fraction of sp³-hybridized carbons (Fsp3) is 0.368. The van der Waals surface area contributed by atoms with Gasteiger partial charge in [0.05, 0.1) is 5.56 Å². The number of amides is 1. The zero-order valence-corrected chi connectivity index (χ0v) is 14.9. The van der Waals surface area contributed by atoms with Crippen LogP contribution in [0.25, 0.3) is 0 Å². The second-order valence-electron chi connectivity index (χ2n) is 5.88. The maximum Gasteiger partial charge on any atom is 0.259 e. The van der Waals surface area contributed by atoms with Crippen molar-refractivity contribution >= 4 is 23.4 Å². The maximum absolute atomic E-state index is 12.8. The molecule has 1 aliphatic heterocycles. The molecule has 0 bridgehead atoms. The summed E-state index contributed by atoms with van der Waals surface area (Å²) in [5.41, 5.74) is 2.62. The molecule has 0 radical (unpaired) electrons. The van der Waals surface area contributed by atoms with E-state index in [0.717, 1.165) is 29.2 Å². The van der Waals surface area contributed by atoms with Crippen molar-refractivity contribution in [1.29, 1.82) is 0 Å². The number of anilines is 1. The van der Waals surface area contributed by atoms with Gasteiger partial charge in [-0.25, -0.2) is 4.98 Å². The molecule has 1 fully saturated rings. The van der Waals surface area contributed by atoms with Crippen molar-refractivity contribution in [1.82, 2.24) is 4.98 Å². The van der Waals surface area contributed by atoms with Crippen LogP contribution in [0.3, 0.4) is 0 Å². The normalized spacial score (nSPS) is 16.8. The minimum Gasteiger partial charge on any atom is -0.473 e. The van der Waals surface area contributed by atoms with Crippen LogP contribution in [0.5, 0.6) is 5.88 Å². The first-order valence-corrected chi connectivity index (χ1v) is 9.42. The Morgan fingerprint density at radius 1 is 1.38 bits per heavy atom. The lowest BCUT2D eigenvalue weighted by atomic mass is 10.2. The summed E-state index contributed by atoms with van der Waals surface area (Å²) in [5, 5.41) is 0. The predicted molar refractivity (Wildman–Crippen MR) is 99.1 cm³/mol.